The normalized spacial score (nSPS) is 25.3. The average molecular weight is 472 g/mol. The van der Waals surface area contributed by atoms with Crippen LogP contribution < -0.4 is 5.43 Å². The predicted octanol–water partition coefficient (Wildman–Crippen LogP) is -2.31. The van der Waals surface area contributed by atoms with Crippen molar-refractivity contribution in [2.24, 2.45) is 5.92 Å². The van der Waals surface area contributed by atoms with Crippen LogP contribution in [0.4, 0.5) is 0 Å². The van der Waals surface area contributed by atoms with Crippen molar-refractivity contribution in [2.45, 2.75) is 24.2 Å². The van der Waals surface area contributed by atoms with Crippen molar-refractivity contribution < 1.29 is 56.2 Å². The fraction of sp³-hybridized carbons (Fsp3) is 0.381. The minimum atomic E-state index is -1.68. The second-order valence-electron chi connectivity index (χ2n) is 7.52. The summed E-state index contributed by atoms with van der Waals surface area (Å²) in [4.78, 5) is 12.9. The van der Waals surface area contributed by atoms with Gasteiger partial charge in [-0.3, -0.25) is 4.79 Å². The zero-order chi connectivity index (χ0) is 21.6. The Hall–Kier alpha value is -2.81. The fourth-order valence-electron chi connectivity index (χ4n) is 3.99. The lowest BCUT2D eigenvalue weighted by molar-refractivity contribution is -0.133. The number of hydrogen-bond donors (Lipinski definition) is 6. The molecule has 2 aromatic carbocycles. The smallest absolute Gasteiger partial charge is 0.204 e. The fourth-order valence-corrected chi connectivity index (χ4v) is 3.99. The molecule has 0 radical (unpaired) electrons. The Kier molecular flexibility index (Phi) is 9.30. The summed E-state index contributed by atoms with van der Waals surface area (Å²) in [5, 5.41) is 62.0. The number of ether oxygens (including phenoxy) is 1. The molecule has 1 aliphatic heterocycles. The molecule has 1 aliphatic rings. The minimum absolute atomic E-state index is 0. The molecule has 1 saturated heterocycles. The molecule has 0 spiro atoms. The van der Waals surface area contributed by atoms with Crippen molar-refractivity contribution in [2.75, 3.05) is 19.8 Å². The van der Waals surface area contributed by atoms with Crippen LogP contribution in [0.3, 0.4) is 0 Å². The third-order valence-corrected chi connectivity index (χ3v) is 5.69. The van der Waals surface area contributed by atoms with Gasteiger partial charge in [-0.05, 0) is 12.1 Å². The highest BCUT2D eigenvalue weighted by Crippen LogP contribution is 2.42. The van der Waals surface area contributed by atoms with Crippen LogP contribution >= 0.6 is 0 Å². The Labute approximate surface area is 186 Å². The van der Waals surface area contributed by atoms with Crippen LogP contribution in [0.1, 0.15) is 11.5 Å². The molecule has 1 fully saturated rings. The number of aromatic hydroxyl groups is 2. The second-order valence-corrected chi connectivity index (χ2v) is 7.52. The number of rotatable bonds is 2. The summed E-state index contributed by atoms with van der Waals surface area (Å²) in [6.45, 7) is -0.816. The summed E-state index contributed by atoms with van der Waals surface area (Å²) in [6.07, 6.45) is -4.83. The van der Waals surface area contributed by atoms with Gasteiger partial charge in [-0.1, -0.05) is 12.1 Å². The van der Waals surface area contributed by atoms with E-state index in [0.29, 0.717) is 0 Å². The van der Waals surface area contributed by atoms with E-state index in [1.807, 2.05) is 0 Å². The molecule has 184 valence electrons. The molecule has 5 atom stereocenters. The Morgan fingerprint density at radius 3 is 2.24 bits per heavy atom. The van der Waals surface area contributed by atoms with E-state index < -0.39 is 53.7 Å². The van der Waals surface area contributed by atoms with Crippen molar-refractivity contribution >= 4 is 21.9 Å². The van der Waals surface area contributed by atoms with E-state index in [0.717, 1.165) is 6.07 Å². The number of phenols is 2. The van der Waals surface area contributed by atoms with E-state index in [1.54, 1.807) is 18.2 Å². The van der Waals surface area contributed by atoms with E-state index in [2.05, 4.69) is 0 Å². The van der Waals surface area contributed by atoms with Crippen molar-refractivity contribution in [3.05, 3.63) is 46.1 Å². The molecule has 1 aromatic heterocycles. The lowest BCUT2D eigenvalue weighted by Crippen LogP contribution is -2.49. The molecule has 5 unspecified atom stereocenters. The van der Waals surface area contributed by atoms with E-state index >= 15 is 0 Å². The maximum absolute atomic E-state index is 12.9. The Morgan fingerprint density at radius 1 is 0.909 bits per heavy atom. The molecular formula is C21H28O12. The molecule has 2 heterocycles. The number of fused-ring (bicyclic) bond motifs is 2. The molecular weight excluding hydrogens is 444 g/mol. The minimum Gasteiger partial charge on any atom is -0.507 e. The van der Waals surface area contributed by atoms with Gasteiger partial charge >= 0.3 is 0 Å². The third kappa shape index (κ3) is 4.64. The van der Waals surface area contributed by atoms with Crippen LogP contribution in [0.25, 0.3) is 21.9 Å². The van der Waals surface area contributed by atoms with Crippen molar-refractivity contribution in [3.8, 4) is 11.5 Å². The summed E-state index contributed by atoms with van der Waals surface area (Å²) in [6, 6.07) is 7.60. The first-order chi connectivity index (χ1) is 14.3. The highest BCUT2D eigenvalue weighted by Gasteiger charge is 2.40. The van der Waals surface area contributed by atoms with E-state index in [4.69, 9.17) is 9.15 Å². The van der Waals surface area contributed by atoms with Crippen LogP contribution in [-0.2, 0) is 4.74 Å². The summed E-state index contributed by atoms with van der Waals surface area (Å²) in [7, 11) is 0. The molecule has 3 aromatic rings. The standard InChI is InChI=1S/C21H22O9.3H2O/c22-6-9-7-29-8-11(19(26)21(28)17(9)24)15-12(23)5-14-16(20(15)27)18(25)10-3-1-2-4-13(10)30-14;;;/h1-5,9,11,17,19,21-24,26-28H,6-8H2;3*1H2. The molecule has 0 aliphatic carbocycles. The van der Waals surface area contributed by atoms with Crippen LogP contribution in [-0.4, -0.2) is 85.2 Å². The number of aliphatic hydroxyl groups is 4. The highest BCUT2D eigenvalue weighted by atomic mass is 16.5. The third-order valence-electron chi connectivity index (χ3n) is 5.69. The number of para-hydroxylation sites is 1. The van der Waals surface area contributed by atoms with E-state index in [1.165, 1.54) is 6.07 Å². The van der Waals surface area contributed by atoms with Crippen LogP contribution in [0.15, 0.2) is 39.5 Å². The zero-order valence-electron chi connectivity index (χ0n) is 17.3. The summed E-state index contributed by atoms with van der Waals surface area (Å²) < 4.78 is 11.1. The summed E-state index contributed by atoms with van der Waals surface area (Å²) in [5.74, 6) is -3.04. The van der Waals surface area contributed by atoms with E-state index in [-0.39, 0.29) is 57.1 Å². The quantitative estimate of drug-likeness (QED) is 0.219. The molecule has 12 nitrogen and oxygen atoms in total. The largest absolute Gasteiger partial charge is 0.507 e. The Bertz CT molecular complexity index is 1140. The van der Waals surface area contributed by atoms with Crippen molar-refractivity contribution in [3.63, 3.8) is 0 Å². The lowest BCUT2D eigenvalue weighted by atomic mass is 9.83. The number of hydrogen-bond acceptors (Lipinski definition) is 9. The molecule has 4 rings (SSSR count). The van der Waals surface area contributed by atoms with Gasteiger partial charge in [0.1, 0.15) is 34.2 Å². The monoisotopic (exact) mass is 472 g/mol. The first-order valence-electron chi connectivity index (χ1n) is 9.48. The molecule has 12 heteroatoms. The van der Waals surface area contributed by atoms with Crippen LogP contribution in [0.5, 0.6) is 11.5 Å². The number of aliphatic hydroxyl groups excluding tert-OH is 4. The van der Waals surface area contributed by atoms with Crippen molar-refractivity contribution in [1.82, 2.24) is 0 Å². The molecule has 0 saturated carbocycles. The molecule has 0 bridgehead atoms. The van der Waals surface area contributed by atoms with Crippen LogP contribution in [0, 0.1) is 5.92 Å². The van der Waals surface area contributed by atoms with Crippen LogP contribution in [0.2, 0.25) is 0 Å². The lowest BCUT2D eigenvalue weighted by Gasteiger charge is -2.36. The van der Waals surface area contributed by atoms with Gasteiger partial charge in [-0.2, -0.15) is 0 Å². The number of benzene rings is 2. The Morgan fingerprint density at radius 2 is 1.58 bits per heavy atom. The van der Waals surface area contributed by atoms with Crippen molar-refractivity contribution in [1.29, 1.82) is 0 Å². The first-order valence-corrected chi connectivity index (χ1v) is 9.48. The van der Waals surface area contributed by atoms with Gasteiger partial charge in [0.15, 0.2) is 0 Å². The van der Waals surface area contributed by atoms with Gasteiger partial charge in [0, 0.05) is 23.5 Å². The highest BCUT2D eigenvalue weighted by molar-refractivity contribution is 5.95. The predicted molar refractivity (Wildman–Crippen MR) is 116 cm³/mol. The summed E-state index contributed by atoms with van der Waals surface area (Å²) in [5.41, 5.74) is -0.483. The van der Waals surface area contributed by atoms with Gasteiger partial charge in [0.2, 0.25) is 5.43 Å². The van der Waals surface area contributed by atoms with Gasteiger partial charge in [0.05, 0.1) is 37.4 Å². The van der Waals surface area contributed by atoms with Gasteiger partial charge < -0.3 is 56.2 Å². The Balaban J connectivity index is 0.00000181. The summed E-state index contributed by atoms with van der Waals surface area (Å²) >= 11 is 0. The maximum atomic E-state index is 12.9. The second kappa shape index (κ2) is 10.9. The number of phenolic OH excluding ortho intramolecular Hbond substituents is 2. The van der Waals surface area contributed by atoms with E-state index in [9.17, 15) is 35.4 Å². The molecule has 0 amide bonds. The van der Waals surface area contributed by atoms with Gasteiger partial charge in [-0.25, -0.2) is 0 Å². The molecule has 12 N–H and O–H groups in total. The first kappa shape index (κ1) is 28.2. The molecule has 33 heavy (non-hydrogen) atoms. The average Bonchev–Trinajstić information content (AvgIpc) is 2.73. The van der Waals surface area contributed by atoms with Gasteiger partial charge in [-0.15, -0.1) is 0 Å². The maximum Gasteiger partial charge on any atom is 0.204 e. The SMILES string of the molecule is O.O.O.O=c1c2ccccc2oc2cc(O)c(C3COCC(CO)C(O)C(O)C3O)c(O)c12. The zero-order valence-corrected chi connectivity index (χ0v) is 17.3. The van der Waals surface area contributed by atoms with Gasteiger partial charge in [0.25, 0.3) is 0 Å². The topological polar surface area (TPSA) is 255 Å².